The predicted molar refractivity (Wildman–Crippen MR) is 84.7 cm³/mol. The number of nitrogens with zero attached hydrogens (tertiary/aromatic N) is 2. The zero-order chi connectivity index (χ0) is 16.3. The highest BCUT2D eigenvalue weighted by atomic mass is 32.2. The van der Waals surface area contributed by atoms with E-state index in [0.717, 1.165) is 12.8 Å². The highest BCUT2D eigenvalue weighted by molar-refractivity contribution is 7.89. The number of amides is 1. The van der Waals surface area contributed by atoms with Gasteiger partial charge in [-0.15, -0.1) is 0 Å². The molecule has 22 heavy (non-hydrogen) atoms. The van der Waals surface area contributed by atoms with Crippen LogP contribution in [0.2, 0.25) is 0 Å². The molecule has 0 saturated heterocycles. The molecule has 0 N–H and O–H groups in total. The van der Waals surface area contributed by atoms with Gasteiger partial charge in [0.25, 0.3) is 0 Å². The van der Waals surface area contributed by atoms with Crippen LogP contribution in [-0.2, 0) is 14.8 Å². The largest absolute Gasteiger partial charge is 0.491 e. The molecular weight excluding hydrogens is 304 g/mol. The Bertz CT molecular complexity index is 658. The van der Waals surface area contributed by atoms with Crippen molar-refractivity contribution in [2.75, 3.05) is 32.1 Å². The van der Waals surface area contributed by atoms with Crippen molar-refractivity contribution in [3.05, 3.63) is 18.2 Å². The van der Waals surface area contributed by atoms with Gasteiger partial charge in [0.2, 0.25) is 15.9 Å². The molecule has 1 aliphatic rings. The molecule has 7 heteroatoms. The Hall–Kier alpha value is -1.60. The number of benzene rings is 1. The van der Waals surface area contributed by atoms with Crippen LogP contribution in [0.1, 0.15) is 26.2 Å². The molecule has 0 aliphatic carbocycles. The lowest BCUT2D eigenvalue weighted by Gasteiger charge is -2.20. The maximum Gasteiger partial charge on any atom is 0.242 e. The predicted octanol–water partition coefficient (Wildman–Crippen LogP) is 1.85. The Labute approximate surface area is 131 Å². The number of hydrogen-bond donors (Lipinski definition) is 0. The fraction of sp³-hybridized carbons (Fsp3) is 0.533. The van der Waals surface area contributed by atoms with Gasteiger partial charge in [-0.2, -0.15) is 0 Å². The number of ether oxygens (including phenoxy) is 1. The smallest absolute Gasteiger partial charge is 0.242 e. The van der Waals surface area contributed by atoms with E-state index in [-0.39, 0.29) is 17.2 Å². The van der Waals surface area contributed by atoms with E-state index in [0.29, 0.717) is 24.6 Å². The third-order valence-corrected chi connectivity index (χ3v) is 5.63. The Morgan fingerprint density at radius 2 is 2.09 bits per heavy atom. The van der Waals surface area contributed by atoms with Crippen molar-refractivity contribution < 1.29 is 17.9 Å². The molecular formula is C15H22N2O4S. The number of rotatable bonds is 5. The van der Waals surface area contributed by atoms with Gasteiger partial charge in [-0.3, -0.25) is 4.79 Å². The summed E-state index contributed by atoms with van der Waals surface area (Å²) >= 11 is 0. The van der Waals surface area contributed by atoms with E-state index in [1.54, 1.807) is 20.2 Å². The van der Waals surface area contributed by atoms with Crippen molar-refractivity contribution in [2.24, 2.45) is 0 Å². The standard InChI is InChI=1S/C15H22N2O4S/c1-4-5-9-16(2)22(19,20)12-6-7-14-13(11-12)17(3)15(18)8-10-21-14/h6-7,11H,4-5,8-10H2,1-3H3. The lowest BCUT2D eigenvalue weighted by molar-refractivity contribution is -0.118. The van der Waals surface area contributed by atoms with Crippen molar-refractivity contribution in [2.45, 2.75) is 31.1 Å². The summed E-state index contributed by atoms with van der Waals surface area (Å²) in [5.41, 5.74) is 0.493. The number of fused-ring (bicyclic) bond motifs is 1. The average Bonchev–Trinajstić information content (AvgIpc) is 2.64. The molecule has 0 aromatic heterocycles. The zero-order valence-electron chi connectivity index (χ0n) is 13.2. The lowest BCUT2D eigenvalue weighted by Crippen LogP contribution is -2.29. The molecule has 122 valence electrons. The molecule has 0 unspecified atom stereocenters. The van der Waals surface area contributed by atoms with Crippen LogP contribution in [0.3, 0.4) is 0 Å². The number of sulfonamides is 1. The summed E-state index contributed by atoms with van der Waals surface area (Å²) in [6.45, 7) is 2.79. The first-order valence-electron chi connectivity index (χ1n) is 7.37. The number of anilines is 1. The Morgan fingerprint density at radius 3 is 2.77 bits per heavy atom. The molecule has 1 aliphatic heterocycles. The summed E-state index contributed by atoms with van der Waals surface area (Å²) in [5.74, 6) is 0.441. The Morgan fingerprint density at radius 1 is 1.36 bits per heavy atom. The molecule has 0 fully saturated rings. The second kappa shape index (κ2) is 6.66. The van der Waals surface area contributed by atoms with E-state index >= 15 is 0 Å². The van der Waals surface area contributed by atoms with Crippen LogP contribution in [0.15, 0.2) is 23.1 Å². The molecule has 0 radical (unpaired) electrons. The van der Waals surface area contributed by atoms with Gasteiger partial charge in [-0.05, 0) is 24.6 Å². The number of carbonyl (C=O) groups is 1. The van der Waals surface area contributed by atoms with Crippen LogP contribution in [0.25, 0.3) is 0 Å². The van der Waals surface area contributed by atoms with E-state index < -0.39 is 10.0 Å². The molecule has 0 bridgehead atoms. The summed E-state index contributed by atoms with van der Waals surface area (Å²) in [6, 6.07) is 4.65. The first-order valence-corrected chi connectivity index (χ1v) is 8.81. The maximum absolute atomic E-state index is 12.6. The van der Waals surface area contributed by atoms with Crippen molar-refractivity contribution in [1.82, 2.24) is 4.31 Å². The van der Waals surface area contributed by atoms with Crippen molar-refractivity contribution in [1.29, 1.82) is 0 Å². The second-order valence-corrected chi connectivity index (χ2v) is 7.41. The van der Waals surface area contributed by atoms with Crippen molar-refractivity contribution in [3.63, 3.8) is 0 Å². The highest BCUT2D eigenvalue weighted by Crippen LogP contribution is 2.33. The van der Waals surface area contributed by atoms with E-state index in [4.69, 9.17) is 4.74 Å². The van der Waals surface area contributed by atoms with E-state index in [1.165, 1.54) is 21.3 Å². The van der Waals surface area contributed by atoms with Gasteiger partial charge in [0.1, 0.15) is 5.75 Å². The van der Waals surface area contributed by atoms with Crippen LogP contribution in [-0.4, -0.2) is 45.9 Å². The maximum atomic E-state index is 12.6. The fourth-order valence-electron chi connectivity index (χ4n) is 2.27. The monoisotopic (exact) mass is 326 g/mol. The first-order chi connectivity index (χ1) is 10.4. The van der Waals surface area contributed by atoms with Gasteiger partial charge in [0.15, 0.2) is 0 Å². The van der Waals surface area contributed by atoms with E-state index in [1.807, 2.05) is 6.92 Å². The number of unbranched alkanes of at least 4 members (excludes halogenated alkanes) is 1. The highest BCUT2D eigenvalue weighted by Gasteiger charge is 2.25. The lowest BCUT2D eigenvalue weighted by atomic mass is 10.2. The zero-order valence-corrected chi connectivity index (χ0v) is 14.0. The van der Waals surface area contributed by atoms with Gasteiger partial charge in [0.05, 0.1) is 23.6 Å². The average molecular weight is 326 g/mol. The van der Waals surface area contributed by atoms with Crippen molar-refractivity contribution in [3.8, 4) is 5.75 Å². The molecule has 6 nitrogen and oxygen atoms in total. The van der Waals surface area contributed by atoms with Gasteiger partial charge in [-0.25, -0.2) is 12.7 Å². The molecule has 0 atom stereocenters. The summed E-state index contributed by atoms with van der Waals surface area (Å²) in [6.07, 6.45) is 2.01. The molecule has 0 saturated carbocycles. The van der Waals surface area contributed by atoms with Crippen molar-refractivity contribution >= 4 is 21.6 Å². The quantitative estimate of drug-likeness (QED) is 0.828. The summed E-state index contributed by atoms with van der Waals surface area (Å²) in [4.78, 5) is 13.5. The molecule has 1 heterocycles. The first kappa shape index (κ1) is 16.8. The Balaban J connectivity index is 2.38. The van der Waals surface area contributed by atoms with Gasteiger partial charge in [0, 0.05) is 20.6 Å². The van der Waals surface area contributed by atoms with Crippen LogP contribution in [0.4, 0.5) is 5.69 Å². The molecule has 0 spiro atoms. The van der Waals surface area contributed by atoms with Gasteiger partial charge < -0.3 is 9.64 Å². The van der Waals surface area contributed by atoms with Crippen LogP contribution < -0.4 is 9.64 Å². The third-order valence-electron chi connectivity index (χ3n) is 3.77. The normalized spacial score (nSPS) is 15.5. The minimum atomic E-state index is -3.56. The van der Waals surface area contributed by atoms with Gasteiger partial charge in [-0.1, -0.05) is 13.3 Å². The molecule has 1 aromatic rings. The van der Waals surface area contributed by atoms with Gasteiger partial charge >= 0.3 is 0 Å². The minimum Gasteiger partial charge on any atom is -0.491 e. The topological polar surface area (TPSA) is 66.9 Å². The summed E-state index contributed by atoms with van der Waals surface area (Å²) in [7, 11) is -0.354. The van der Waals surface area contributed by atoms with Crippen LogP contribution >= 0.6 is 0 Å². The Kier molecular flexibility index (Phi) is 5.08. The number of hydrogen-bond acceptors (Lipinski definition) is 4. The fourth-order valence-corrected chi connectivity index (χ4v) is 3.50. The second-order valence-electron chi connectivity index (χ2n) is 5.36. The molecule has 2 rings (SSSR count). The summed E-state index contributed by atoms with van der Waals surface area (Å²) in [5, 5.41) is 0. The molecule has 1 aromatic carbocycles. The SMILES string of the molecule is CCCCN(C)S(=O)(=O)c1ccc2c(c1)N(C)C(=O)CCO2. The number of carbonyl (C=O) groups excluding carboxylic acids is 1. The third kappa shape index (κ3) is 3.25. The van der Waals surface area contributed by atoms with Crippen LogP contribution in [0, 0.1) is 0 Å². The van der Waals surface area contributed by atoms with E-state index in [9.17, 15) is 13.2 Å². The van der Waals surface area contributed by atoms with E-state index in [2.05, 4.69) is 0 Å². The van der Waals surface area contributed by atoms with Crippen LogP contribution in [0.5, 0.6) is 5.75 Å². The molecule has 1 amide bonds. The minimum absolute atomic E-state index is 0.0902. The summed E-state index contributed by atoms with van der Waals surface area (Å²) < 4.78 is 32.0.